The first-order valence-electron chi connectivity index (χ1n) is 5.22. The van der Waals surface area contributed by atoms with Crippen LogP contribution in [0.15, 0.2) is 40.5 Å². The summed E-state index contributed by atoms with van der Waals surface area (Å²) in [5, 5.41) is 3.26. The zero-order valence-electron chi connectivity index (χ0n) is 9.77. The zero-order valence-corrected chi connectivity index (χ0v) is 10.6. The molecule has 0 spiro atoms. The molecule has 0 atom stereocenters. The quantitative estimate of drug-likeness (QED) is 0.879. The number of pyridine rings is 1. The molecule has 0 aliphatic carbocycles. The number of rotatable bonds is 3. The van der Waals surface area contributed by atoms with Crippen LogP contribution in [0.2, 0.25) is 0 Å². The molecule has 2 aromatic rings. The van der Waals surface area contributed by atoms with E-state index in [1.807, 2.05) is 0 Å². The molecule has 0 aliphatic heterocycles. The Morgan fingerprint density at radius 3 is 2.53 bits per heavy atom. The van der Waals surface area contributed by atoms with Crippen LogP contribution in [0.4, 0.5) is 19.1 Å². The summed E-state index contributed by atoms with van der Waals surface area (Å²) in [5.41, 5.74) is -0.981. The fourth-order valence-corrected chi connectivity index (χ4v) is 2.03. The highest BCUT2D eigenvalue weighted by molar-refractivity contribution is 7.99. The molecule has 2 heterocycles. The van der Waals surface area contributed by atoms with Crippen molar-refractivity contribution in [2.45, 2.75) is 16.2 Å². The molecule has 4 nitrogen and oxygen atoms in total. The summed E-state index contributed by atoms with van der Waals surface area (Å²) in [6, 6.07) is 6.07. The molecule has 8 heteroatoms. The Kier molecular flexibility index (Phi) is 3.89. The standard InChI is InChI=1S/C11H9F3N4S/c1-15-10-17-7(11(12,13)14)6-9(18-10)19-8-4-2-3-5-16-8/h2-6H,1H3,(H,15,17,18). The molecule has 0 radical (unpaired) electrons. The highest BCUT2D eigenvalue weighted by Gasteiger charge is 2.33. The van der Waals surface area contributed by atoms with Crippen molar-refractivity contribution in [1.82, 2.24) is 15.0 Å². The molecule has 19 heavy (non-hydrogen) atoms. The Hall–Kier alpha value is -1.83. The lowest BCUT2D eigenvalue weighted by Crippen LogP contribution is -2.11. The van der Waals surface area contributed by atoms with Crippen molar-refractivity contribution in [2.24, 2.45) is 0 Å². The van der Waals surface area contributed by atoms with Gasteiger partial charge in [-0.1, -0.05) is 6.07 Å². The number of hydrogen-bond acceptors (Lipinski definition) is 5. The van der Waals surface area contributed by atoms with Crippen molar-refractivity contribution < 1.29 is 13.2 Å². The fourth-order valence-electron chi connectivity index (χ4n) is 1.25. The molecule has 0 saturated carbocycles. The highest BCUT2D eigenvalue weighted by Crippen LogP contribution is 2.32. The van der Waals surface area contributed by atoms with Crippen molar-refractivity contribution in [3.05, 3.63) is 36.2 Å². The second kappa shape index (κ2) is 5.43. The van der Waals surface area contributed by atoms with E-state index in [0.29, 0.717) is 5.03 Å². The van der Waals surface area contributed by atoms with Crippen LogP contribution in [-0.4, -0.2) is 22.0 Å². The van der Waals surface area contributed by atoms with E-state index < -0.39 is 11.9 Å². The molecule has 0 aromatic carbocycles. The van der Waals surface area contributed by atoms with E-state index in [2.05, 4.69) is 20.3 Å². The lowest BCUT2D eigenvalue weighted by atomic mass is 10.4. The van der Waals surface area contributed by atoms with E-state index in [-0.39, 0.29) is 11.0 Å². The molecule has 0 amide bonds. The molecular weight excluding hydrogens is 277 g/mol. The van der Waals surface area contributed by atoms with Crippen LogP contribution in [0.3, 0.4) is 0 Å². The van der Waals surface area contributed by atoms with Gasteiger partial charge in [0.15, 0.2) is 5.69 Å². The largest absolute Gasteiger partial charge is 0.433 e. The van der Waals surface area contributed by atoms with Gasteiger partial charge in [0.25, 0.3) is 0 Å². The van der Waals surface area contributed by atoms with E-state index in [9.17, 15) is 13.2 Å². The van der Waals surface area contributed by atoms with E-state index >= 15 is 0 Å². The van der Waals surface area contributed by atoms with Gasteiger partial charge in [0.2, 0.25) is 5.95 Å². The number of alkyl halides is 3. The van der Waals surface area contributed by atoms with Crippen molar-refractivity contribution >= 4 is 17.7 Å². The molecule has 0 fully saturated rings. The Balaban J connectivity index is 2.35. The summed E-state index contributed by atoms with van der Waals surface area (Å²) in [7, 11) is 1.46. The fraction of sp³-hybridized carbons (Fsp3) is 0.182. The van der Waals surface area contributed by atoms with Crippen LogP contribution in [0.5, 0.6) is 0 Å². The van der Waals surface area contributed by atoms with Gasteiger partial charge in [0.1, 0.15) is 10.1 Å². The number of hydrogen-bond donors (Lipinski definition) is 1. The van der Waals surface area contributed by atoms with Crippen LogP contribution >= 0.6 is 11.8 Å². The molecule has 2 aromatic heterocycles. The average Bonchev–Trinajstić information content (AvgIpc) is 2.38. The van der Waals surface area contributed by atoms with Gasteiger partial charge >= 0.3 is 6.18 Å². The SMILES string of the molecule is CNc1nc(Sc2ccccn2)cc(C(F)(F)F)n1. The number of aromatic nitrogens is 3. The minimum absolute atomic E-state index is 0.0757. The first kappa shape index (κ1) is 13.6. The average molecular weight is 286 g/mol. The van der Waals surface area contributed by atoms with Crippen LogP contribution < -0.4 is 5.32 Å². The van der Waals surface area contributed by atoms with Crippen molar-refractivity contribution in [3.63, 3.8) is 0 Å². The van der Waals surface area contributed by atoms with E-state index in [0.717, 1.165) is 17.8 Å². The third-order valence-corrected chi connectivity index (χ3v) is 2.93. The van der Waals surface area contributed by atoms with Crippen molar-refractivity contribution in [3.8, 4) is 0 Å². The topological polar surface area (TPSA) is 50.7 Å². The maximum atomic E-state index is 12.7. The number of anilines is 1. The Morgan fingerprint density at radius 2 is 1.95 bits per heavy atom. The predicted molar refractivity (Wildman–Crippen MR) is 64.9 cm³/mol. The molecule has 1 N–H and O–H groups in total. The summed E-state index contributed by atoms with van der Waals surface area (Å²) in [5.74, 6) is -0.0757. The first-order chi connectivity index (χ1) is 8.99. The second-order valence-corrected chi connectivity index (χ2v) is 4.47. The molecular formula is C11H9F3N4S. The number of halogens is 3. The molecule has 0 saturated heterocycles. The normalized spacial score (nSPS) is 11.4. The molecule has 0 aliphatic rings. The van der Waals surface area contributed by atoms with Gasteiger partial charge in [-0.15, -0.1) is 0 Å². The van der Waals surface area contributed by atoms with Crippen molar-refractivity contribution in [1.29, 1.82) is 0 Å². The Morgan fingerprint density at radius 1 is 1.16 bits per heavy atom. The van der Waals surface area contributed by atoms with Crippen LogP contribution in [0.1, 0.15) is 5.69 Å². The van der Waals surface area contributed by atoms with Crippen LogP contribution in [-0.2, 0) is 6.18 Å². The van der Waals surface area contributed by atoms with Gasteiger partial charge in [-0.2, -0.15) is 13.2 Å². The van der Waals surface area contributed by atoms with Gasteiger partial charge in [-0.25, -0.2) is 15.0 Å². The van der Waals surface area contributed by atoms with Gasteiger partial charge in [0.05, 0.1) is 0 Å². The Bertz CT molecular complexity index is 560. The third-order valence-electron chi connectivity index (χ3n) is 2.06. The molecule has 0 unspecified atom stereocenters. The molecule has 2 rings (SSSR count). The predicted octanol–water partition coefficient (Wildman–Crippen LogP) is 3.08. The minimum atomic E-state index is -4.51. The zero-order chi connectivity index (χ0) is 13.9. The Labute approximate surface area is 111 Å². The van der Waals surface area contributed by atoms with Gasteiger partial charge < -0.3 is 5.32 Å². The number of nitrogens with zero attached hydrogens (tertiary/aromatic N) is 3. The molecule has 0 bridgehead atoms. The maximum absolute atomic E-state index is 12.7. The van der Waals surface area contributed by atoms with Gasteiger partial charge in [-0.3, -0.25) is 0 Å². The van der Waals surface area contributed by atoms with Gasteiger partial charge in [0, 0.05) is 19.3 Å². The monoisotopic (exact) mass is 286 g/mol. The minimum Gasteiger partial charge on any atom is -0.357 e. The van der Waals surface area contributed by atoms with Gasteiger partial charge in [-0.05, 0) is 23.9 Å². The summed E-state index contributed by atoms with van der Waals surface area (Å²) in [6.07, 6.45) is -2.94. The number of nitrogens with one attached hydrogen (secondary N) is 1. The molecule has 100 valence electrons. The second-order valence-electron chi connectivity index (χ2n) is 3.43. The summed E-state index contributed by atoms with van der Waals surface area (Å²) in [4.78, 5) is 11.4. The first-order valence-corrected chi connectivity index (χ1v) is 6.03. The summed E-state index contributed by atoms with van der Waals surface area (Å²) >= 11 is 1.05. The van der Waals surface area contributed by atoms with Crippen LogP contribution in [0, 0.1) is 0 Å². The highest BCUT2D eigenvalue weighted by atomic mass is 32.2. The van der Waals surface area contributed by atoms with E-state index in [1.54, 1.807) is 24.4 Å². The summed E-state index contributed by atoms with van der Waals surface area (Å²) in [6.45, 7) is 0. The lowest BCUT2D eigenvalue weighted by molar-refractivity contribution is -0.141. The lowest BCUT2D eigenvalue weighted by Gasteiger charge is -2.09. The smallest absolute Gasteiger partial charge is 0.357 e. The van der Waals surface area contributed by atoms with E-state index in [1.165, 1.54) is 7.05 Å². The van der Waals surface area contributed by atoms with E-state index in [4.69, 9.17) is 0 Å². The maximum Gasteiger partial charge on any atom is 0.433 e. The third kappa shape index (κ3) is 3.57. The van der Waals surface area contributed by atoms with Crippen molar-refractivity contribution in [2.75, 3.05) is 12.4 Å². The van der Waals surface area contributed by atoms with Crippen LogP contribution in [0.25, 0.3) is 0 Å². The summed E-state index contributed by atoms with van der Waals surface area (Å²) < 4.78 is 38.0.